The van der Waals surface area contributed by atoms with Crippen molar-refractivity contribution >= 4 is 16.7 Å². The van der Waals surface area contributed by atoms with E-state index in [-0.39, 0.29) is 37.1 Å². The molecule has 3 rings (SSSR count). The van der Waals surface area contributed by atoms with Crippen molar-refractivity contribution < 1.29 is 30.0 Å². The van der Waals surface area contributed by atoms with Crippen molar-refractivity contribution in [2.24, 2.45) is 10.8 Å². The molecule has 0 aliphatic heterocycles. The van der Waals surface area contributed by atoms with Crippen LogP contribution in [0.3, 0.4) is 0 Å². The molecule has 0 aliphatic carbocycles. The second kappa shape index (κ2) is 11.4. The molecule has 0 atom stereocenters. The molecule has 0 fully saturated rings. The minimum absolute atomic E-state index is 0. The Labute approximate surface area is 219 Å². The molecule has 0 bridgehead atoms. The fourth-order valence-corrected chi connectivity index (χ4v) is 2.92. The largest absolute Gasteiger partial charge is 0.512 e. The van der Waals surface area contributed by atoms with Gasteiger partial charge in [-0.2, -0.15) is 0 Å². The Balaban J connectivity index is 0.000000364. The van der Waals surface area contributed by atoms with Crippen LogP contribution >= 0.6 is 0 Å². The van der Waals surface area contributed by atoms with Gasteiger partial charge in [0.05, 0.1) is 5.52 Å². The van der Waals surface area contributed by atoms with E-state index in [1.54, 1.807) is 0 Å². The summed E-state index contributed by atoms with van der Waals surface area (Å²) in [5, 5.41) is 10.8. The third-order valence-electron chi connectivity index (χ3n) is 5.78. The van der Waals surface area contributed by atoms with Crippen LogP contribution in [0.2, 0.25) is 0 Å². The van der Waals surface area contributed by atoms with Crippen LogP contribution in [0.25, 0.3) is 22.2 Å². The maximum atomic E-state index is 11.5. The van der Waals surface area contributed by atoms with Crippen LogP contribution in [0, 0.1) is 44.6 Å². The fourth-order valence-electron chi connectivity index (χ4n) is 2.92. The fraction of sp³-hybridized carbons (Fsp3) is 0.400. The van der Waals surface area contributed by atoms with Gasteiger partial charge >= 0.3 is 0 Å². The Morgan fingerprint density at radius 2 is 1.41 bits per heavy atom. The number of aliphatic hydroxyl groups is 1. The molecule has 0 spiro atoms. The van der Waals surface area contributed by atoms with Gasteiger partial charge < -0.3 is 5.11 Å². The Bertz CT molecular complexity index is 1190. The average molecular weight is 637 g/mol. The zero-order chi connectivity index (χ0) is 25.1. The van der Waals surface area contributed by atoms with Crippen molar-refractivity contribution in [3.05, 3.63) is 76.6 Å². The number of carbonyl (C=O) groups is 1. The van der Waals surface area contributed by atoms with Gasteiger partial charge in [-0.1, -0.05) is 67.5 Å². The van der Waals surface area contributed by atoms with Crippen molar-refractivity contribution in [1.29, 1.82) is 0 Å². The van der Waals surface area contributed by atoms with Gasteiger partial charge in [0.2, 0.25) is 0 Å². The maximum absolute atomic E-state index is 11.5. The molecule has 0 saturated heterocycles. The monoisotopic (exact) mass is 637 g/mol. The van der Waals surface area contributed by atoms with Crippen LogP contribution in [0.5, 0.6) is 0 Å². The first-order chi connectivity index (χ1) is 15.1. The van der Waals surface area contributed by atoms with Crippen LogP contribution < -0.4 is 0 Å². The number of allylic oxidation sites excluding steroid dienone is 2. The quantitative estimate of drug-likeness (QED) is 0.176. The van der Waals surface area contributed by atoms with E-state index in [1.807, 2.05) is 47.6 Å². The number of hydrogen-bond donors (Lipinski definition) is 1. The second-order valence-electron chi connectivity index (χ2n) is 10.9. The summed E-state index contributed by atoms with van der Waals surface area (Å²) in [7, 11) is 0. The van der Waals surface area contributed by atoms with Gasteiger partial charge in [0.1, 0.15) is 5.76 Å². The van der Waals surface area contributed by atoms with Crippen LogP contribution in [0.4, 0.5) is 0 Å². The van der Waals surface area contributed by atoms with Gasteiger partial charge in [-0.05, 0) is 48.2 Å². The van der Waals surface area contributed by atoms with E-state index < -0.39 is 5.41 Å². The van der Waals surface area contributed by atoms with Crippen LogP contribution in [-0.2, 0) is 24.9 Å². The van der Waals surface area contributed by atoms with E-state index >= 15 is 0 Å². The molecule has 3 aromatic rings. The topological polar surface area (TPSA) is 50.2 Å². The summed E-state index contributed by atoms with van der Waals surface area (Å²) in [4.78, 5) is 16.3. The number of carbonyl (C=O) groups excluding carboxylic acids is 1. The molecule has 1 radical (unpaired) electrons. The molecular weight excluding hydrogens is 599 g/mol. The Morgan fingerprint density at radius 1 is 0.853 bits per heavy atom. The molecule has 4 heteroatoms. The normalized spacial score (nSPS) is 12.0. The molecular formula is C30H38IrNO2-. The van der Waals surface area contributed by atoms with E-state index in [0.717, 1.165) is 16.8 Å². The summed E-state index contributed by atoms with van der Waals surface area (Å²) in [5.41, 5.74) is 7.48. The van der Waals surface area contributed by atoms with Gasteiger partial charge in [0.25, 0.3) is 0 Å². The summed E-state index contributed by atoms with van der Waals surface area (Å²) >= 11 is 0. The van der Waals surface area contributed by atoms with Crippen molar-refractivity contribution in [2.45, 2.75) is 69.2 Å². The van der Waals surface area contributed by atoms with Gasteiger partial charge in [-0.15, -0.1) is 34.9 Å². The molecule has 3 nitrogen and oxygen atoms in total. The van der Waals surface area contributed by atoms with E-state index in [2.05, 4.69) is 64.1 Å². The summed E-state index contributed by atoms with van der Waals surface area (Å²) in [6, 6.07) is 16.1. The third kappa shape index (κ3) is 7.89. The molecule has 1 N–H and O–H groups in total. The molecule has 0 unspecified atom stereocenters. The molecule has 0 aliphatic rings. The first kappa shape index (κ1) is 29.7. The molecule has 0 saturated carbocycles. The number of aliphatic hydroxyl groups excluding tert-OH is 1. The summed E-state index contributed by atoms with van der Waals surface area (Å²) < 4.78 is 0. The number of ketones is 1. The molecule has 0 amide bonds. The number of benzene rings is 2. The SMILES string of the molecule is CC(C)(C)C(=O)/C=C(\O)C(C)(C)C.Cc1c[c-]c(-c2ccc3cc(C)c(C)cc3n2)cc1C.[Ir]. The first-order valence-electron chi connectivity index (χ1n) is 11.4. The second-order valence-corrected chi connectivity index (χ2v) is 10.9. The minimum atomic E-state index is -0.417. The summed E-state index contributed by atoms with van der Waals surface area (Å²) in [6.45, 7) is 19.6. The number of nitrogens with zero attached hydrogens (tertiary/aromatic N) is 1. The number of fused-ring (bicyclic) bond motifs is 1. The van der Waals surface area contributed by atoms with Crippen molar-refractivity contribution in [3.63, 3.8) is 0 Å². The maximum Gasteiger partial charge on any atom is 0.164 e. The number of aromatic nitrogens is 1. The molecule has 185 valence electrons. The summed E-state index contributed by atoms with van der Waals surface area (Å²) in [6.07, 6.45) is 1.33. The number of pyridine rings is 1. The third-order valence-corrected chi connectivity index (χ3v) is 5.78. The van der Waals surface area contributed by atoms with E-state index in [4.69, 9.17) is 4.98 Å². The predicted molar refractivity (Wildman–Crippen MR) is 140 cm³/mol. The summed E-state index contributed by atoms with van der Waals surface area (Å²) in [5.74, 6) is 0.104. The van der Waals surface area contributed by atoms with Gasteiger partial charge in [-0.25, -0.2) is 0 Å². The van der Waals surface area contributed by atoms with Crippen LogP contribution in [0.15, 0.2) is 48.2 Å². The number of aryl methyl sites for hydroxylation is 4. The van der Waals surface area contributed by atoms with Crippen molar-refractivity contribution in [2.75, 3.05) is 0 Å². The molecule has 1 heterocycles. The zero-order valence-electron chi connectivity index (χ0n) is 22.2. The Kier molecular flexibility index (Phi) is 9.99. The first-order valence-corrected chi connectivity index (χ1v) is 11.4. The van der Waals surface area contributed by atoms with E-state index in [1.165, 1.54) is 33.7 Å². The zero-order valence-corrected chi connectivity index (χ0v) is 24.6. The Morgan fingerprint density at radius 3 is 1.94 bits per heavy atom. The molecule has 2 aromatic carbocycles. The molecule has 1 aromatic heterocycles. The van der Waals surface area contributed by atoms with Gasteiger partial charge in [0.15, 0.2) is 5.78 Å². The van der Waals surface area contributed by atoms with Gasteiger partial charge in [0, 0.05) is 37.0 Å². The van der Waals surface area contributed by atoms with Crippen LogP contribution in [0.1, 0.15) is 63.8 Å². The Hall–Kier alpha value is -2.29. The number of hydrogen-bond acceptors (Lipinski definition) is 3. The predicted octanol–water partition coefficient (Wildman–Crippen LogP) is 8.02. The average Bonchev–Trinajstić information content (AvgIpc) is 2.69. The smallest absolute Gasteiger partial charge is 0.164 e. The standard InChI is InChI=1S/C19H18N.C11H20O2.Ir/c1-12-5-6-16(9-13(12)2)18-8-7-17-10-14(3)15(4)11-19(17)20-18;1-10(2,3)8(12)7-9(13)11(4,5)6;/h5,7-11H,1-4H3;7,12H,1-6H3;/q-1;;/b;8-7-;. The van der Waals surface area contributed by atoms with Crippen molar-refractivity contribution in [1.82, 2.24) is 4.98 Å². The van der Waals surface area contributed by atoms with E-state index in [0.29, 0.717) is 0 Å². The molecule has 34 heavy (non-hydrogen) atoms. The number of rotatable bonds is 2. The van der Waals surface area contributed by atoms with Crippen LogP contribution in [-0.4, -0.2) is 15.9 Å². The van der Waals surface area contributed by atoms with Crippen molar-refractivity contribution in [3.8, 4) is 11.3 Å². The van der Waals surface area contributed by atoms with E-state index in [9.17, 15) is 9.90 Å². The minimum Gasteiger partial charge on any atom is -0.512 e. The van der Waals surface area contributed by atoms with Gasteiger partial charge in [-0.3, -0.25) is 9.78 Å².